The normalized spacial score (nSPS) is 12.2. The Hall–Kier alpha value is -5.28. The van der Waals surface area contributed by atoms with Crippen molar-refractivity contribution < 1.29 is 48.3 Å². The van der Waals surface area contributed by atoms with Crippen molar-refractivity contribution in [3.63, 3.8) is 0 Å². The van der Waals surface area contributed by atoms with Gasteiger partial charge in [-0.25, -0.2) is 19.2 Å². The summed E-state index contributed by atoms with van der Waals surface area (Å²) < 4.78 is 15.1. The fourth-order valence-electron chi connectivity index (χ4n) is 3.51. The smallest absolute Gasteiger partial charge is 0.408 e. The molecular formula is C30H40N4O12. The lowest BCUT2D eigenvalue weighted by atomic mass is 10.1. The molecule has 46 heavy (non-hydrogen) atoms. The van der Waals surface area contributed by atoms with Crippen molar-refractivity contribution in [3.05, 3.63) is 79.9 Å². The molecule has 2 aromatic rings. The highest BCUT2D eigenvalue weighted by atomic mass is 16.6. The molecule has 0 heterocycles. The molecule has 0 saturated heterocycles. The van der Waals surface area contributed by atoms with E-state index in [1.54, 1.807) is 48.5 Å². The van der Waals surface area contributed by atoms with Crippen LogP contribution in [0.4, 0.5) is 21.0 Å². The summed E-state index contributed by atoms with van der Waals surface area (Å²) in [5.41, 5.74) is -0.372. The molecule has 3 N–H and O–H groups in total. The van der Waals surface area contributed by atoms with Gasteiger partial charge in [0.05, 0.1) is 16.5 Å². The molecule has 2 amide bonds. The van der Waals surface area contributed by atoms with Crippen LogP contribution in [0.2, 0.25) is 0 Å². The molecular weight excluding hydrogens is 608 g/mol. The zero-order valence-corrected chi connectivity index (χ0v) is 26.7. The number of benzene rings is 2. The van der Waals surface area contributed by atoms with Crippen LogP contribution in [0.1, 0.15) is 59.6 Å². The Bertz CT molecular complexity index is 1360. The van der Waals surface area contributed by atoms with Crippen molar-refractivity contribution >= 4 is 35.5 Å². The van der Waals surface area contributed by atoms with E-state index >= 15 is 0 Å². The molecule has 0 unspecified atom stereocenters. The lowest BCUT2D eigenvalue weighted by Gasteiger charge is -2.23. The zero-order valence-electron chi connectivity index (χ0n) is 26.7. The van der Waals surface area contributed by atoms with Gasteiger partial charge in [-0.3, -0.25) is 20.2 Å². The van der Waals surface area contributed by atoms with Crippen molar-refractivity contribution in [2.24, 2.45) is 0 Å². The molecule has 252 valence electrons. The number of carboxylic acid groups (broad SMARTS) is 1. The van der Waals surface area contributed by atoms with Crippen LogP contribution < -0.4 is 10.6 Å². The summed E-state index contributed by atoms with van der Waals surface area (Å²) in [5.74, 6) is -1.81. The van der Waals surface area contributed by atoms with E-state index in [0.717, 1.165) is 0 Å². The number of alkyl carbamates (subject to hydrolysis) is 2. The maximum absolute atomic E-state index is 12.0. The number of carboxylic acids is 1. The molecule has 2 atom stereocenters. The molecule has 0 spiro atoms. The van der Waals surface area contributed by atoms with Gasteiger partial charge in [0, 0.05) is 37.1 Å². The number of nitrogens with one attached hydrogen (secondary N) is 2. The largest absolute Gasteiger partial charge is 0.480 e. The number of nitro groups is 2. The first-order valence-corrected chi connectivity index (χ1v) is 14.1. The first kappa shape index (κ1) is 38.7. The van der Waals surface area contributed by atoms with E-state index in [1.165, 1.54) is 48.5 Å². The first-order chi connectivity index (χ1) is 21.2. The zero-order chi connectivity index (χ0) is 35.2. The standard InChI is InChI=1S/C16H22N2O6.C14H18N2O6/c1-5-23-14(19)13(17-15(20)24-16(2,3)4)10-11-6-8-12(9-7-11)18(21)22;1-14(2,3)22-13(19)15-11(12(17)18)8-9-4-6-10(7-5-9)16(20)21/h6-9,13H,5,10H2,1-4H3,(H,17,20);4-7,11H,8H2,1-3H3,(H,15,19)(H,17,18)/t13-;11-/m00/s1. The van der Waals surface area contributed by atoms with Gasteiger partial charge in [0.15, 0.2) is 0 Å². The lowest BCUT2D eigenvalue weighted by Crippen LogP contribution is -2.45. The van der Waals surface area contributed by atoms with Gasteiger partial charge in [0.25, 0.3) is 11.4 Å². The fraction of sp³-hybridized carbons (Fsp3) is 0.467. The molecule has 0 radical (unpaired) electrons. The van der Waals surface area contributed by atoms with Gasteiger partial charge in [-0.05, 0) is 59.6 Å². The Morgan fingerprint density at radius 1 is 0.717 bits per heavy atom. The second-order valence-electron chi connectivity index (χ2n) is 11.7. The molecule has 2 rings (SSSR count). The Morgan fingerprint density at radius 3 is 1.37 bits per heavy atom. The first-order valence-electron chi connectivity index (χ1n) is 14.1. The SMILES string of the molecule is CC(C)(C)OC(=O)N[C@@H](Cc1ccc([N+](=O)[O-])cc1)C(=O)O.CCOC(=O)[C@H](Cc1ccc([N+](=O)[O-])cc1)NC(=O)OC(C)(C)C. The van der Waals surface area contributed by atoms with Crippen LogP contribution in [-0.4, -0.2) is 69.0 Å². The highest BCUT2D eigenvalue weighted by Crippen LogP contribution is 2.16. The van der Waals surface area contributed by atoms with Crippen molar-refractivity contribution in [3.8, 4) is 0 Å². The summed E-state index contributed by atoms with van der Waals surface area (Å²) in [6.45, 7) is 12.0. The summed E-state index contributed by atoms with van der Waals surface area (Å²) >= 11 is 0. The average molecular weight is 649 g/mol. The van der Waals surface area contributed by atoms with Gasteiger partial charge in [-0.2, -0.15) is 0 Å². The Labute approximate surface area is 265 Å². The van der Waals surface area contributed by atoms with Gasteiger partial charge in [-0.15, -0.1) is 0 Å². The van der Waals surface area contributed by atoms with Gasteiger partial charge < -0.3 is 30.0 Å². The molecule has 0 saturated carbocycles. The van der Waals surface area contributed by atoms with Crippen LogP contribution in [0.5, 0.6) is 0 Å². The Balaban J connectivity index is 0.000000462. The number of hydrogen-bond donors (Lipinski definition) is 3. The van der Waals surface area contributed by atoms with E-state index in [9.17, 15) is 39.4 Å². The third kappa shape index (κ3) is 15.4. The molecule has 0 aliphatic heterocycles. The minimum atomic E-state index is -1.22. The second kappa shape index (κ2) is 17.3. The Kier molecular flexibility index (Phi) is 14.5. The van der Waals surface area contributed by atoms with Crippen LogP contribution in [-0.2, 0) is 36.6 Å². The molecule has 0 aliphatic rings. The number of hydrogen-bond acceptors (Lipinski definition) is 11. The molecule has 0 aliphatic carbocycles. The van der Waals surface area contributed by atoms with Crippen molar-refractivity contribution in [1.29, 1.82) is 0 Å². The van der Waals surface area contributed by atoms with Gasteiger partial charge in [0.1, 0.15) is 23.3 Å². The van der Waals surface area contributed by atoms with Crippen molar-refractivity contribution in [2.75, 3.05) is 6.61 Å². The van der Waals surface area contributed by atoms with E-state index in [0.29, 0.717) is 11.1 Å². The van der Waals surface area contributed by atoms with E-state index in [4.69, 9.17) is 19.3 Å². The molecule has 16 heteroatoms. The number of rotatable bonds is 11. The topological polar surface area (TPSA) is 227 Å². The van der Waals surface area contributed by atoms with Crippen LogP contribution >= 0.6 is 0 Å². The number of nitrogens with zero attached hydrogens (tertiary/aromatic N) is 2. The summed E-state index contributed by atoms with van der Waals surface area (Å²) in [6, 6.07) is 9.06. The lowest BCUT2D eigenvalue weighted by molar-refractivity contribution is -0.385. The van der Waals surface area contributed by atoms with E-state index in [2.05, 4.69) is 10.6 Å². The van der Waals surface area contributed by atoms with Crippen molar-refractivity contribution in [1.82, 2.24) is 10.6 Å². The third-order valence-corrected chi connectivity index (χ3v) is 5.43. The minimum absolute atomic E-state index is 0.00737. The van der Waals surface area contributed by atoms with E-state index in [1.807, 2.05) is 0 Å². The van der Waals surface area contributed by atoms with Gasteiger partial charge in [0.2, 0.25) is 0 Å². The second-order valence-corrected chi connectivity index (χ2v) is 11.7. The number of nitro benzene ring substituents is 2. The number of ether oxygens (including phenoxy) is 3. The number of amides is 2. The van der Waals surface area contributed by atoms with Crippen LogP contribution in [0.15, 0.2) is 48.5 Å². The van der Waals surface area contributed by atoms with Crippen molar-refractivity contribution in [2.45, 2.75) is 84.6 Å². The maximum Gasteiger partial charge on any atom is 0.408 e. The summed E-state index contributed by atoms with van der Waals surface area (Å²) in [5, 5.41) is 35.1. The van der Waals surface area contributed by atoms with E-state index < -0.39 is 57.3 Å². The van der Waals surface area contributed by atoms with E-state index in [-0.39, 0.29) is 30.8 Å². The monoisotopic (exact) mass is 648 g/mol. The number of esters is 1. The Morgan fingerprint density at radius 2 is 1.07 bits per heavy atom. The maximum atomic E-state index is 12.0. The van der Waals surface area contributed by atoms with Gasteiger partial charge in [-0.1, -0.05) is 24.3 Å². The quantitative estimate of drug-likeness (QED) is 0.130. The number of carbonyl (C=O) groups excluding carboxylic acids is 3. The predicted molar refractivity (Wildman–Crippen MR) is 164 cm³/mol. The molecule has 0 aromatic heterocycles. The number of non-ortho nitro benzene ring substituents is 2. The molecule has 2 aromatic carbocycles. The summed E-state index contributed by atoms with van der Waals surface area (Å²) in [6.07, 6.45) is -1.44. The van der Waals surface area contributed by atoms with Gasteiger partial charge >= 0.3 is 24.1 Å². The molecule has 16 nitrogen and oxygen atoms in total. The third-order valence-electron chi connectivity index (χ3n) is 5.43. The number of aliphatic carboxylic acids is 1. The summed E-state index contributed by atoms with van der Waals surface area (Å²) in [7, 11) is 0. The predicted octanol–water partition coefficient (Wildman–Crippen LogP) is 4.71. The molecule has 0 fully saturated rings. The average Bonchev–Trinajstić information content (AvgIpc) is 2.91. The minimum Gasteiger partial charge on any atom is -0.480 e. The van der Waals surface area contributed by atoms with Crippen LogP contribution in [0.25, 0.3) is 0 Å². The number of carbonyl (C=O) groups is 4. The highest BCUT2D eigenvalue weighted by Gasteiger charge is 2.26. The van der Waals surface area contributed by atoms with Crippen LogP contribution in [0, 0.1) is 20.2 Å². The highest BCUT2D eigenvalue weighted by molar-refractivity contribution is 5.82. The van der Waals surface area contributed by atoms with Crippen LogP contribution in [0.3, 0.4) is 0 Å². The molecule has 0 bridgehead atoms. The summed E-state index contributed by atoms with van der Waals surface area (Å²) in [4.78, 5) is 66.9. The fourth-order valence-corrected chi connectivity index (χ4v) is 3.51.